The molecule has 20 heavy (non-hydrogen) atoms. The Morgan fingerprint density at radius 2 is 2.30 bits per heavy atom. The van der Waals surface area contributed by atoms with E-state index in [0.717, 1.165) is 5.01 Å². The Hall–Kier alpha value is -1.74. The first kappa shape index (κ1) is 12.0. The second-order valence-electron chi connectivity index (χ2n) is 4.74. The van der Waals surface area contributed by atoms with Crippen LogP contribution in [0.1, 0.15) is 17.3 Å². The molecule has 1 saturated heterocycles. The Balaban J connectivity index is 1.77. The minimum Gasteiger partial charge on any atom is -0.461 e. The minimum absolute atomic E-state index is 0.0313. The van der Waals surface area contributed by atoms with Crippen LogP contribution in [0.5, 0.6) is 0 Å². The van der Waals surface area contributed by atoms with Crippen molar-refractivity contribution in [3.8, 4) is 11.6 Å². The summed E-state index contributed by atoms with van der Waals surface area (Å²) in [6.45, 7) is 0. The maximum Gasteiger partial charge on any atom is 0.235 e. The second kappa shape index (κ2) is 4.13. The minimum atomic E-state index is -2.91. The lowest BCUT2D eigenvalue weighted by Gasteiger charge is -2.00. The summed E-state index contributed by atoms with van der Waals surface area (Å²) in [7, 11) is -2.91. The van der Waals surface area contributed by atoms with Crippen molar-refractivity contribution >= 4 is 26.1 Å². The van der Waals surface area contributed by atoms with Gasteiger partial charge in [0.15, 0.2) is 15.6 Å². The molecule has 4 rings (SSSR count). The monoisotopic (exact) mass is 310 g/mol. The van der Waals surface area contributed by atoms with E-state index in [0.29, 0.717) is 23.0 Å². The van der Waals surface area contributed by atoms with Gasteiger partial charge in [-0.1, -0.05) is 11.3 Å². The third kappa shape index (κ3) is 1.85. The quantitative estimate of drug-likeness (QED) is 0.709. The third-order valence-electron chi connectivity index (χ3n) is 3.33. The fraction of sp³-hybridized carbons (Fsp3) is 0.364. The first-order valence-corrected chi connectivity index (χ1v) is 8.73. The Labute approximate surface area is 118 Å². The Morgan fingerprint density at radius 3 is 3.00 bits per heavy atom. The molecule has 0 saturated carbocycles. The van der Waals surface area contributed by atoms with Crippen LogP contribution >= 0.6 is 11.3 Å². The maximum absolute atomic E-state index is 11.5. The van der Waals surface area contributed by atoms with Crippen molar-refractivity contribution in [2.45, 2.75) is 12.3 Å². The molecule has 104 valence electrons. The van der Waals surface area contributed by atoms with E-state index in [1.165, 1.54) is 11.3 Å². The van der Waals surface area contributed by atoms with Crippen LogP contribution < -0.4 is 0 Å². The van der Waals surface area contributed by atoms with Gasteiger partial charge in [0.25, 0.3) is 0 Å². The number of fused-ring (bicyclic) bond motifs is 1. The molecule has 0 aromatic carbocycles. The van der Waals surface area contributed by atoms with Crippen LogP contribution in [-0.4, -0.2) is 39.7 Å². The molecule has 4 heterocycles. The fourth-order valence-corrected chi connectivity index (χ4v) is 5.17. The largest absolute Gasteiger partial charge is 0.461 e. The number of nitrogens with zero attached hydrogens (tertiary/aromatic N) is 4. The number of hydrogen-bond donors (Lipinski definition) is 0. The van der Waals surface area contributed by atoms with E-state index < -0.39 is 9.84 Å². The summed E-state index contributed by atoms with van der Waals surface area (Å²) in [4.78, 5) is 0.649. The van der Waals surface area contributed by atoms with Gasteiger partial charge in [0.05, 0.1) is 17.8 Å². The highest BCUT2D eigenvalue weighted by Crippen LogP contribution is 2.32. The zero-order valence-electron chi connectivity index (χ0n) is 10.3. The van der Waals surface area contributed by atoms with Gasteiger partial charge in [-0.15, -0.1) is 10.2 Å². The van der Waals surface area contributed by atoms with E-state index in [4.69, 9.17) is 4.42 Å². The van der Waals surface area contributed by atoms with Crippen LogP contribution in [0.3, 0.4) is 0 Å². The molecule has 1 atom stereocenters. The molecular formula is C11H10N4O3S2. The van der Waals surface area contributed by atoms with Crippen LogP contribution in [0.15, 0.2) is 22.8 Å². The maximum atomic E-state index is 11.5. The fourth-order valence-electron chi connectivity index (χ4n) is 2.35. The predicted molar refractivity (Wildman–Crippen MR) is 72.4 cm³/mol. The summed E-state index contributed by atoms with van der Waals surface area (Å²) in [6, 6.07) is 3.56. The molecular weight excluding hydrogens is 300 g/mol. The van der Waals surface area contributed by atoms with Crippen LogP contribution in [-0.2, 0) is 9.84 Å². The van der Waals surface area contributed by atoms with Gasteiger partial charge in [0, 0.05) is 5.92 Å². The first-order chi connectivity index (χ1) is 9.62. The normalized spacial score (nSPS) is 21.7. The van der Waals surface area contributed by atoms with Crippen molar-refractivity contribution in [2.24, 2.45) is 0 Å². The number of aromatic nitrogens is 4. The predicted octanol–water partition coefficient (Wildman–Crippen LogP) is 1.35. The topological polar surface area (TPSA) is 90.4 Å². The van der Waals surface area contributed by atoms with Gasteiger partial charge in [-0.3, -0.25) is 0 Å². The number of rotatable bonds is 2. The smallest absolute Gasteiger partial charge is 0.235 e. The lowest BCUT2D eigenvalue weighted by Crippen LogP contribution is -2.04. The van der Waals surface area contributed by atoms with E-state index in [9.17, 15) is 8.42 Å². The number of hydrogen-bond acceptors (Lipinski definition) is 7. The molecule has 3 aromatic rings. The second-order valence-corrected chi connectivity index (χ2v) is 7.95. The molecule has 1 aliphatic heterocycles. The lowest BCUT2D eigenvalue weighted by molar-refractivity contribution is 0.574. The van der Waals surface area contributed by atoms with Crippen molar-refractivity contribution in [2.75, 3.05) is 11.5 Å². The van der Waals surface area contributed by atoms with Gasteiger partial charge in [-0.05, 0) is 18.6 Å². The molecule has 0 radical (unpaired) electrons. The number of sulfone groups is 1. The molecule has 0 bridgehead atoms. The highest BCUT2D eigenvalue weighted by atomic mass is 32.2. The summed E-state index contributed by atoms with van der Waals surface area (Å²) in [6.07, 6.45) is 2.19. The standard InChI is InChI=1S/C11H10N4O3S2/c16-20(17)5-3-7(6-20)10-14-15-9(8-2-1-4-18-8)12-13-11(15)19-10/h1-2,4,7H,3,5-6H2/t7-/m1/s1. The highest BCUT2D eigenvalue weighted by Gasteiger charge is 2.32. The Morgan fingerprint density at radius 1 is 1.40 bits per heavy atom. The average Bonchev–Trinajstić information content (AvgIpc) is 3.08. The van der Waals surface area contributed by atoms with E-state index in [2.05, 4.69) is 15.3 Å². The summed E-state index contributed by atoms with van der Waals surface area (Å²) in [5.41, 5.74) is 0. The molecule has 7 nitrogen and oxygen atoms in total. The number of furan rings is 1. The molecule has 1 aliphatic rings. The van der Waals surface area contributed by atoms with Gasteiger partial charge < -0.3 is 4.42 Å². The van der Waals surface area contributed by atoms with Crippen molar-refractivity contribution in [3.05, 3.63) is 23.4 Å². The van der Waals surface area contributed by atoms with Gasteiger partial charge in [-0.25, -0.2) is 8.42 Å². The molecule has 0 spiro atoms. The van der Waals surface area contributed by atoms with E-state index in [1.807, 2.05) is 0 Å². The van der Waals surface area contributed by atoms with Gasteiger partial charge in [-0.2, -0.15) is 9.61 Å². The van der Waals surface area contributed by atoms with Crippen molar-refractivity contribution in [1.82, 2.24) is 19.8 Å². The zero-order chi connectivity index (χ0) is 13.7. The van der Waals surface area contributed by atoms with Gasteiger partial charge in [0.1, 0.15) is 5.01 Å². The van der Waals surface area contributed by atoms with E-state index >= 15 is 0 Å². The van der Waals surface area contributed by atoms with Crippen molar-refractivity contribution in [3.63, 3.8) is 0 Å². The van der Waals surface area contributed by atoms with Crippen molar-refractivity contribution < 1.29 is 12.8 Å². The van der Waals surface area contributed by atoms with Crippen LogP contribution in [0, 0.1) is 0 Å². The molecule has 0 unspecified atom stereocenters. The highest BCUT2D eigenvalue weighted by molar-refractivity contribution is 7.91. The summed E-state index contributed by atoms with van der Waals surface area (Å²) < 4.78 is 30.0. The SMILES string of the molecule is O=S1(=O)CC[C@@H](c2nn3c(-c4ccco4)nnc3s2)C1. The van der Waals surface area contributed by atoms with Crippen LogP contribution in [0.2, 0.25) is 0 Å². The summed E-state index contributed by atoms with van der Waals surface area (Å²) >= 11 is 1.39. The zero-order valence-corrected chi connectivity index (χ0v) is 11.9. The summed E-state index contributed by atoms with van der Waals surface area (Å²) in [5, 5.41) is 13.4. The van der Waals surface area contributed by atoms with Gasteiger partial charge >= 0.3 is 0 Å². The average molecular weight is 310 g/mol. The van der Waals surface area contributed by atoms with Crippen molar-refractivity contribution in [1.29, 1.82) is 0 Å². The Kier molecular flexibility index (Phi) is 2.48. The molecule has 0 N–H and O–H groups in total. The third-order valence-corrected chi connectivity index (χ3v) is 6.16. The lowest BCUT2D eigenvalue weighted by atomic mass is 10.1. The molecule has 9 heteroatoms. The van der Waals surface area contributed by atoms with Crippen LogP contribution in [0.4, 0.5) is 0 Å². The van der Waals surface area contributed by atoms with E-state index in [-0.39, 0.29) is 17.4 Å². The molecule has 1 fully saturated rings. The first-order valence-electron chi connectivity index (χ1n) is 6.09. The van der Waals surface area contributed by atoms with Gasteiger partial charge in [0.2, 0.25) is 10.8 Å². The van der Waals surface area contributed by atoms with E-state index in [1.54, 1.807) is 22.9 Å². The Bertz CT molecular complexity index is 863. The molecule has 3 aromatic heterocycles. The molecule has 0 aliphatic carbocycles. The molecule has 0 amide bonds. The van der Waals surface area contributed by atoms with Crippen LogP contribution in [0.25, 0.3) is 16.5 Å². The summed E-state index contributed by atoms with van der Waals surface area (Å²) in [5.74, 6) is 1.51.